The molecule has 22 heavy (non-hydrogen) atoms. The van der Waals surface area contributed by atoms with Gasteiger partial charge in [0.2, 0.25) is 0 Å². The Morgan fingerprint density at radius 3 is 1.64 bits per heavy atom. The maximum absolute atomic E-state index is 12.8. The Morgan fingerprint density at radius 2 is 1.27 bits per heavy atom. The summed E-state index contributed by atoms with van der Waals surface area (Å²) in [6, 6.07) is -0.176. The van der Waals surface area contributed by atoms with E-state index in [1.165, 1.54) is 0 Å². The zero-order chi connectivity index (χ0) is 17.1. The maximum atomic E-state index is 12.8. The second-order valence-electron chi connectivity index (χ2n) is 5.10. The van der Waals surface area contributed by atoms with Gasteiger partial charge in [-0.2, -0.15) is 4.79 Å². The predicted molar refractivity (Wildman–Crippen MR) is 90.9 cm³/mol. The van der Waals surface area contributed by atoms with Crippen molar-refractivity contribution in [3.8, 4) is 0 Å². The van der Waals surface area contributed by atoms with Crippen LogP contribution in [0.3, 0.4) is 0 Å². The third kappa shape index (κ3) is 5.48. The van der Waals surface area contributed by atoms with Crippen molar-refractivity contribution in [3.05, 3.63) is 0 Å². The van der Waals surface area contributed by atoms with Crippen LogP contribution in [0, 0.1) is 0 Å². The zero-order valence-electron chi connectivity index (χ0n) is 15.3. The Balaban J connectivity index is 5.33. The first-order valence-corrected chi connectivity index (χ1v) is 8.64. The van der Waals surface area contributed by atoms with Crippen molar-refractivity contribution in [2.75, 3.05) is 39.3 Å². The van der Waals surface area contributed by atoms with Gasteiger partial charge in [0.1, 0.15) is 0 Å². The molecular weight excluding hydrogens is 280 g/mol. The standard InChI is InChI=1S/C16H34N4O2/c1-7-13-14-20(16(22)18(10-4)11-5)19(12-6)15(21)17(8-2)9-3/h7-14H2,1-6H3/q+1. The Labute approximate surface area is 136 Å². The van der Waals surface area contributed by atoms with E-state index < -0.39 is 0 Å². The molecule has 0 aromatic heterocycles. The van der Waals surface area contributed by atoms with E-state index in [1.54, 1.807) is 19.8 Å². The van der Waals surface area contributed by atoms with Crippen LogP contribution in [-0.2, 0) is 0 Å². The Kier molecular flexibility index (Phi) is 10.6. The summed E-state index contributed by atoms with van der Waals surface area (Å²) >= 11 is 0. The number of nitrogens with zero attached hydrogens (tertiary/aromatic N) is 4. The first-order valence-electron chi connectivity index (χ1n) is 8.64. The number of unbranched alkanes of at least 4 members (excludes halogenated alkanes) is 1. The Morgan fingerprint density at radius 1 is 0.773 bits per heavy atom. The van der Waals surface area contributed by atoms with Crippen LogP contribution in [0.15, 0.2) is 0 Å². The van der Waals surface area contributed by atoms with Gasteiger partial charge in [-0.3, -0.25) is 4.90 Å². The average Bonchev–Trinajstić information content (AvgIpc) is 2.53. The van der Waals surface area contributed by atoms with Gasteiger partial charge in [0.05, 0.1) is 6.54 Å². The first kappa shape index (κ1) is 20.7. The van der Waals surface area contributed by atoms with E-state index in [2.05, 4.69) is 6.92 Å². The molecule has 6 nitrogen and oxygen atoms in total. The maximum Gasteiger partial charge on any atom is 0.495 e. The van der Waals surface area contributed by atoms with E-state index in [9.17, 15) is 9.59 Å². The van der Waals surface area contributed by atoms with Crippen molar-refractivity contribution in [3.63, 3.8) is 0 Å². The molecule has 0 aliphatic heterocycles. The lowest BCUT2D eigenvalue weighted by molar-refractivity contribution is 0.0746. The van der Waals surface area contributed by atoms with Gasteiger partial charge in [0.25, 0.3) is 0 Å². The molecule has 4 amide bonds. The molecule has 0 aromatic carbocycles. The van der Waals surface area contributed by atoms with Gasteiger partial charge in [-0.25, -0.2) is 4.79 Å². The third-order valence-electron chi connectivity index (χ3n) is 3.82. The number of urea groups is 2. The molecule has 1 radical (unpaired) electrons. The highest BCUT2D eigenvalue weighted by Crippen LogP contribution is 2.08. The molecule has 0 rings (SSSR count). The van der Waals surface area contributed by atoms with E-state index in [0.717, 1.165) is 12.8 Å². The fourth-order valence-electron chi connectivity index (χ4n) is 2.35. The molecule has 0 aromatic rings. The highest BCUT2D eigenvalue weighted by atomic mass is 16.2. The Hall–Kier alpha value is -1.30. The first-order chi connectivity index (χ1) is 10.5. The SMILES string of the molecule is CCCC[N+](C(=O)N(CC)CC)N(CC)C(=O)N(CC)CC. The molecule has 6 heteroatoms. The average molecular weight is 314 g/mol. The van der Waals surface area contributed by atoms with Gasteiger partial charge in [-0.1, -0.05) is 13.3 Å². The number of rotatable bonds is 8. The van der Waals surface area contributed by atoms with Gasteiger partial charge in [0, 0.05) is 37.6 Å². The van der Waals surface area contributed by atoms with E-state index in [0.29, 0.717) is 39.3 Å². The minimum atomic E-state index is -0.0934. The van der Waals surface area contributed by atoms with E-state index in [-0.39, 0.29) is 12.1 Å². The fraction of sp³-hybridized carbons (Fsp3) is 0.875. The summed E-state index contributed by atoms with van der Waals surface area (Å²) < 4.78 is 0. The highest BCUT2D eigenvalue weighted by molar-refractivity contribution is 5.82. The fourth-order valence-corrected chi connectivity index (χ4v) is 2.35. The van der Waals surface area contributed by atoms with Gasteiger partial charge in [-0.05, 0) is 34.6 Å². The van der Waals surface area contributed by atoms with Crippen LogP contribution < -0.4 is 5.01 Å². The quantitative estimate of drug-likeness (QED) is 0.510. The molecular formula is C16H34N4O2+. The number of carbonyl (C=O) groups is 2. The molecule has 0 saturated carbocycles. The summed E-state index contributed by atoms with van der Waals surface area (Å²) in [7, 11) is 0. The van der Waals surface area contributed by atoms with Crippen molar-refractivity contribution in [1.82, 2.24) is 19.8 Å². The molecule has 0 saturated heterocycles. The van der Waals surface area contributed by atoms with E-state index in [1.807, 2.05) is 34.6 Å². The second-order valence-corrected chi connectivity index (χ2v) is 5.10. The van der Waals surface area contributed by atoms with Crippen LogP contribution in [0.1, 0.15) is 54.4 Å². The van der Waals surface area contributed by atoms with Crippen LogP contribution in [0.25, 0.3) is 0 Å². The molecule has 0 fully saturated rings. The van der Waals surface area contributed by atoms with Crippen molar-refractivity contribution in [2.24, 2.45) is 0 Å². The van der Waals surface area contributed by atoms with Crippen LogP contribution in [0.4, 0.5) is 9.59 Å². The van der Waals surface area contributed by atoms with E-state index >= 15 is 0 Å². The third-order valence-corrected chi connectivity index (χ3v) is 3.82. The van der Waals surface area contributed by atoms with E-state index in [4.69, 9.17) is 0 Å². The molecule has 129 valence electrons. The molecule has 0 heterocycles. The lowest BCUT2D eigenvalue weighted by atomic mass is 10.3. The minimum Gasteiger partial charge on any atom is -0.321 e. The molecule has 0 aliphatic carbocycles. The molecule has 0 aliphatic rings. The van der Waals surface area contributed by atoms with Crippen molar-refractivity contribution < 1.29 is 9.59 Å². The van der Waals surface area contributed by atoms with Crippen molar-refractivity contribution in [1.29, 1.82) is 0 Å². The van der Waals surface area contributed by atoms with Gasteiger partial charge < -0.3 is 4.90 Å². The summed E-state index contributed by atoms with van der Waals surface area (Å²) in [5, 5.41) is 3.21. The summed E-state index contributed by atoms with van der Waals surface area (Å²) in [4.78, 5) is 28.9. The van der Waals surface area contributed by atoms with Crippen molar-refractivity contribution in [2.45, 2.75) is 54.4 Å². The molecule has 0 bridgehead atoms. The van der Waals surface area contributed by atoms with Crippen LogP contribution >= 0.6 is 0 Å². The van der Waals surface area contributed by atoms with Crippen LogP contribution in [-0.4, -0.2) is 66.1 Å². The lowest BCUT2D eigenvalue weighted by Crippen LogP contribution is -2.61. The normalized spacial score (nSPS) is 10.7. The lowest BCUT2D eigenvalue weighted by Gasteiger charge is -2.29. The summed E-state index contributed by atoms with van der Waals surface area (Å²) in [6.45, 7) is 15.5. The minimum absolute atomic E-state index is 0.0826. The summed E-state index contributed by atoms with van der Waals surface area (Å²) in [5.74, 6) is 0. The van der Waals surface area contributed by atoms with Gasteiger partial charge in [0.15, 0.2) is 6.54 Å². The monoisotopic (exact) mass is 314 g/mol. The zero-order valence-corrected chi connectivity index (χ0v) is 15.3. The van der Waals surface area contributed by atoms with Crippen LogP contribution in [0.5, 0.6) is 0 Å². The molecule has 0 spiro atoms. The predicted octanol–water partition coefficient (Wildman–Crippen LogP) is 3.09. The Bertz CT molecular complexity index is 328. The van der Waals surface area contributed by atoms with Crippen LogP contribution in [0.2, 0.25) is 0 Å². The summed E-state index contributed by atoms with van der Waals surface area (Å²) in [6.07, 6.45) is 1.87. The van der Waals surface area contributed by atoms with Gasteiger partial charge in [-0.15, -0.1) is 5.01 Å². The van der Waals surface area contributed by atoms with Crippen molar-refractivity contribution >= 4 is 12.1 Å². The summed E-state index contributed by atoms with van der Waals surface area (Å²) in [5.41, 5.74) is 0. The largest absolute Gasteiger partial charge is 0.495 e. The van der Waals surface area contributed by atoms with Gasteiger partial charge >= 0.3 is 12.1 Å². The number of amides is 4. The molecule has 0 N–H and O–H groups in total. The topological polar surface area (TPSA) is 49.8 Å². The number of hydrogen-bond acceptors (Lipinski definition) is 2. The molecule has 0 unspecified atom stereocenters. The highest BCUT2D eigenvalue weighted by Gasteiger charge is 2.40. The molecule has 0 atom stereocenters. The number of carbonyl (C=O) groups excluding carboxylic acids is 2. The number of hydrogen-bond donors (Lipinski definition) is 0. The second kappa shape index (κ2) is 11.3. The number of hydrazine groups is 1. The smallest absolute Gasteiger partial charge is 0.321 e.